The van der Waals surface area contributed by atoms with Crippen LogP contribution in [0.2, 0.25) is 0 Å². The predicted molar refractivity (Wildman–Crippen MR) is 121 cm³/mol. The van der Waals surface area contributed by atoms with E-state index in [2.05, 4.69) is 40.5 Å². The standard InChI is InChI=1S/C19H28N4OS.HI/c1-5-17-13-22-18(25-17)9-10-21-19(20-4)23-12-15(3)24-16-8-6-7-14(2)11-16;/h6-8,11,13,15H,5,9-10,12H2,1-4H3,(H2,20,21,23);1H. The molecule has 2 aromatic rings. The maximum atomic E-state index is 5.93. The highest BCUT2D eigenvalue weighted by molar-refractivity contribution is 14.0. The molecule has 2 N–H and O–H groups in total. The third kappa shape index (κ3) is 7.90. The van der Waals surface area contributed by atoms with E-state index in [-0.39, 0.29) is 30.1 Å². The second-order valence-corrected chi connectivity index (χ2v) is 7.15. The van der Waals surface area contributed by atoms with E-state index >= 15 is 0 Å². The summed E-state index contributed by atoms with van der Waals surface area (Å²) in [5.41, 5.74) is 1.20. The number of halogens is 1. The number of nitrogens with one attached hydrogen (secondary N) is 2. The molecule has 1 unspecified atom stereocenters. The molecular weight excluding hydrogens is 459 g/mol. The number of guanidine groups is 1. The van der Waals surface area contributed by atoms with Crippen molar-refractivity contribution < 1.29 is 4.74 Å². The molecule has 1 aromatic heterocycles. The Morgan fingerprint density at radius 1 is 1.35 bits per heavy atom. The van der Waals surface area contributed by atoms with Gasteiger partial charge in [-0.25, -0.2) is 4.98 Å². The Morgan fingerprint density at radius 2 is 2.15 bits per heavy atom. The van der Waals surface area contributed by atoms with E-state index in [4.69, 9.17) is 4.74 Å². The highest BCUT2D eigenvalue weighted by Crippen LogP contribution is 2.14. The number of nitrogens with zero attached hydrogens (tertiary/aromatic N) is 2. The van der Waals surface area contributed by atoms with E-state index < -0.39 is 0 Å². The molecule has 0 spiro atoms. The smallest absolute Gasteiger partial charge is 0.191 e. The molecule has 0 aliphatic heterocycles. The van der Waals surface area contributed by atoms with Gasteiger partial charge in [0.1, 0.15) is 11.9 Å². The monoisotopic (exact) mass is 488 g/mol. The Balaban J connectivity index is 0.00000338. The highest BCUT2D eigenvalue weighted by atomic mass is 127. The number of hydrogen-bond acceptors (Lipinski definition) is 4. The Bertz CT molecular complexity index is 690. The number of hydrogen-bond donors (Lipinski definition) is 2. The lowest BCUT2D eigenvalue weighted by Crippen LogP contribution is -2.42. The van der Waals surface area contributed by atoms with E-state index in [0.717, 1.165) is 36.1 Å². The molecule has 7 heteroatoms. The average molecular weight is 488 g/mol. The van der Waals surface area contributed by atoms with Crippen molar-refractivity contribution in [1.82, 2.24) is 15.6 Å². The molecule has 0 bridgehead atoms. The maximum absolute atomic E-state index is 5.93. The summed E-state index contributed by atoms with van der Waals surface area (Å²) < 4.78 is 5.93. The van der Waals surface area contributed by atoms with Crippen molar-refractivity contribution in [1.29, 1.82) is 0 Å². The van der Waals surface area contributed by atoms with Gasteiger partial charge in [0.15, 0.2) is 5.96 Å². The van der Waals surface area contributed by atoms with Gasteiger partial charge in [-0.1, -0.05) is 19.1 Å². The Hall–Kier alpha value is -1.35. The molecule has 0 saturated heterocycles. The third-order valence-corrected chi connectivity index (χ3v) is 4.89. The number of aliphatic imine (C=N–C) groups is 1. The molecule has 0 amide bonds. The number of rotatable bonds is 8. The summed E-state index contributed by atoms with van der Waals surface area (Å²) in [5, 5.41) is 7.79. The first kappa shape index (κ1) is 22.7. The van der Waals surface area contributed by atoms with Crippen molar-refractivity contribution in [2.24, 2.45) is 4.99 Å². The van der Waals surface area contributed by atoms with E-state index in [1.807, 2.05) is 31.3 Å². The number of ether oxygens (including phenoxy) is 1. The maximum Gasteiger partial charge on any atom is 0.191 e. The van der Waals surface area contributed by atoms with Crippen LogP contribution in [0.25, 0.3) is 0 Å². The van der Waals surface area contributed by atoms with Crippen LogP contribution in [0, 0.1) is 6.92 Å². The lowest BCUT2D eigenvalue weighted by atomic mass is 10.2. The van der Waals surface area contributed by atoms with Crippen LogP contribution in [0.1, 0.15) is 29.3 Å². The molecule has 144 valence electrons. The second-order valence-electron chi connectivity index (χ2n) is 5.95. The van der Waals surface area contributed by atoms with E-state index in [0.29, 0.717) is 6.54 Å². The first-order valence-electron chi connectivity index (χ1n) is 8.72. The molecule has 1 aromatic carbocycles. The zero-order valence-electron chi connectivity index (χ0n) is 15.9. The van der Waals surface area contributed by atoms with Gasteiger partial charge in [0.25, 0.3) is 0 Å². The van der Waals surface area contributed by atoms with E-state index in [9.17, 15) is 0 Å². The van der Waals surface area contributed by atoms with Crippen molar-refractivity contribution in [3.05, 3.63) is 45.9 Å². The van der Waals surface area contributed by atoms with Gasteiger partial charge < -0.3 is 15.4 Å². The molecule has 0 fully saturated rings. The summed E-state index contributed by atoms with van der Waals surface area (Å²) in [6.07, 6.45) is 3.97. The van der Waals surface area contributed by atoms with Gasteiger partial charge in [-0.05, 0) is 38.0 Å². The minimum Gasteiger partial charge on any atom is -0.489 e. The van der Waals surface area contributed by atoms with Crippen LogP contribution in [0.3, 0.4) is 0 Å². The lowest BCUT2D eigenvalue weighted by Gasteiger charge is -2.18. The van der Waals surface area contributed by atoms with Gasteiger partial charge in [-0.2, -0.15) is 0 Å². The fraction of sp³-hybridized carbons (Fsp3) is 0.474. The normalized spacial score (nSPS) is 12.2. The summed E-state index contributed by atoms with van der Waals surface area (Å²) in [7, 11) is 1.78. The van der Waals surface area contributed by atoms with Crippen LogP contribution in [0.4, 0.5) is 0 Å². The highest BCUT2D eigenvalue weighted by Gasteiger charge is 2.06. The van der Waals surface area contributed by atoms with Crippen LogP contribution in [-0.4, -0.2) is 37.2 Å². The molecular formula is C19H29IN4OS. The molecule has 2 rings (SSSR count). The third-order valence-electron chi connectivity index (χ3n) is 3.69. The predicted octanol–water partition coefficient (Wildman–Crippen LogP) is 3.81. The number of aromatic nitrogens is 1. The van der Waals surface area contributed by atoms with Gasteiger partial charge in [-0.15, -0.1) is 35.3 Å². The fourth-order valence-electron chi connectivity index (χ4n) is 2.34. The first-order valence-corrected chi connectivity index (χ1v) is 9.53. The number of benzene rings is 1. The SMILES string of the molecule is CCc1cnc(CCNC(=NC)NCC(C)Oc2cccc(C)c2)s1.I. The number of aryl methyl sites for hydroxylation is 2. The summed E-state index contributed by atoms with van der Waals surface area (Å²) in [4.78, 5) is 10.0. The topological polar surface area (TPSA) is 58.5 Å². The zero-order valence-corrected chi connectivity index (χ0v) is 19.1. The average Bonchev–Trinajstić information content (AvgIpc) is 3.06. The van der Waals surface area contributed by atoms with Gasteiger partial charge in [0.2, 0.25) is 0 Å². The van der Waals surface area contributed by atoms with E-state index in [1.54, 1.807) is 18.4 Å². The Morgan fingerprint density at radius 3 is 2.81 bits per heavy atom. The molecule has 5 nitrogen and oxygen atoms in total. The van der Waals surface area contributed by atoms with Crippen LogP contribution in [0.15, 0.2) is 35.5 Å². The molecule has 26 heavy (non-hydrogen) atoms. The first-order chi connectivity index (χ1) is 12.1. The minimum atomic E-state index is 0. The quantitative estimate of drug-likeness (QED) is 0.337. The van der Waals surface area contributed by atoms with Crippen LogP contribution >= 0.6 is 35.3 Å². The van der Waals surface area contributed by atoms with Gasteiger partial charge in [-0.3, -0.25) is 4.99 Å². The van der Waals surface area contributed by atoms with Crippen molar-refractivity contribution >= 4 is 41.3 Å². The van der Waals surface area contributed by atoms with E-state index in [1.165, 1.54) is 10.4 Å². The van der Waals surface area contributed by atoms with Crippen molar-refractivity contribution in [2.45, 2.75) is 39.7 Å². The lowest BCUT2D eigenvalue weighted by molar-refractivity contribution is 0.223. The van der Waals surface area contributed by atoms with Crippen LogP contribution in [0.5, 0.6) is 5.75 Å². The molecule has 0 radical (unpaired) electrons. The molecule has 0 saturated carbocycles. The Labute approximate surface area is 177 Å². The van der Waals surface area contributed by atoms with Crippen LogP contribution < -0.4 is 15.4 Å². The largest absolute Gasteiger partial charge is 0.489 e. The summed E-state index contributed by atoms with van der Waals surface area (Å²) >= 11 is 1.78. The number of thiazole rings is 1. The van der Waals surface area contributed by atoms with Crippen molar-refractivity contribution in [2.75, 3.05) is 20.1 Å². The van der Waals surface area contributed by atoms with Crippen molar-refractivity contribution in [3.8, 4) is 5.75 Å². The summed E-state index contributed by atoms with van der Waals surface area (Å²) in [6.45, 7) is 7.76. The zero-order chi connectivity index (χ0) is 18.1. The minimum absolute atomic E-state index is 0. The molecule has 0 aliphatic rings. The molecule has 1 atom stereocenters. The summed E-state index contributed by atoms with van der Waals surface area (Å²) in [5.74, 6) is 1.68. The fourth-order valence-corrected chi connectivity index (χ4v) is 3.20. The summed E-state index contributed by atoms with van der Waals surface area (Å²) in [6, 6.07) is 8.10. The Kier molecular flexibility index (Phi) is 10.6. The van der Waals surface area contributed by atoms with Crippen molar-refractivity contribution in [3.63, 3.8) is 0 Å². The van der Waals surface area contributed by atoms with Gasteiger partial charge in [0.05, 0.1) is 11.6 Å². The molecule has 0 aliphatic carbocycles. The second kappa shape index (κ2) is 12.1. The molecule has 1 heterocycles. The van der Waals surface area contributed by atoms with Gasteiger partial charge >= 0.3 is 0 Å². The van der Waals surface area contributed by atoms with Crippen LogP contribution in [-0.2, 0) is 12.8 Å². The van der Waals surface area contributed by atoms with Gasteiger partial charge in [0, 0.05) is 31.1 Å².